The summed E-state index contributed by atoms with van der Waals surface area (Å²) in [5.41, 5.74) is 1.41. The Morgan fingerprint density at radius 3 is 2.80 bits per heavy atom. The van der Waals surface area contributed by atoms with Gasteiger partial charge in [0.15, 0.2) is 4.88 Å². The number of hydrogen-bond donors (Lipinski definition) is 2. The Bertz CT molecular complexity index is 1290. The Morgan fingerprint density at radius 1 is 1.30 bits per heavy atom. The maximum Gasteiger partial charge on any atom is 0.349 e. The van der Waals surface area contributed by atoms with Gasteiger partial charge in [-0.05, 0) is 19.1 Å². The fraction of sp³-hybridized carbons (Fsp3) is 0.100. The highest BCUT2D eigenvalue weighted by Crippen LogP contribution is 2.38. The Balaban J connectivity index is 1.75. The number of halogens is 3. The number of fused-ring (bicyclic) bond motifs is 1. The number of carboxylic acids is 1. The molecule has 4 aromatic rings. The number of carbonyl (C=O) groups is 1. The van der Waals surface area contributed by atoms with E-state index in [4.69, 9.17) is 27.9 Å². The van der Waals surface area contributed by atoms with Crippen LogP contribution < -0.4 is 4.74 Å². The van der Waals surface area contributed by atoms with Crippen molar-refractivity contribution in [1.29, 1.82) is 0 Å². The molecule has 4 rings (SSSR count). The lowest BCUT2D eigenvalue weighted by molar-refractivity contribution is 0.0695. The van der Waals surface area contributed by atoms with Gasteiger partial charge in [-0.1, -0.05) is 35.3 Å². The van der Waals surface area contributed by atoms with Gasteiger partial charge >= 0.3 is 5.97 Å². The van der Waals surface area contributed by atoms with Gasteiger partial charge in [0.25, 0.3) is 0 Å². The second-order valence-corrected chi connectivity index (χ2v) is 8.21. The molecule has 0 aliphatic carbocycles. The lowest BCUT2D eigenvalue weighted by Crippen LogP contribution is -2.06. The quantitative estimate of drug-likeness (QED) is 0.372. The van der Waals surface area contributed by atoms with E-state index in [2.05, 4.69) is 4.98 Å². The molecule has 6 nitrogen and oxygen atoms in total. The first kappa shape index (κ1) is 20.5. The predicted octanol–water partition coefficient (Wildman–Crippen LogP) is 6.08. The Labute approximate surface area is 183 Å². The molecule has 2 aromatic carbocycles. The van der Waals surface area contributed by atoms with Crippen LogP contribution in [0, 0.1) is 5.82 Å². The van der Waals surface area contributed by atoms with E-state index in [0.29, 0.717) is 21.6 Å². The van der Waals surface area contributed by atoms with E-state index in [1.807, 2.05) is 0 Å². The fourth-order valence-corrected chi connectivity index (χ4v) is 4.35. The summed E-state index contributed by atoms with van der Waals surface area (Å²) in [5.74, 6) is -1.72. The molecule has 2 heterocycles. The number of aromatic nitrogens is 2. The number of phenols is 1. The summed E-state index contributed by atoms with van der Waals surface area (Å²) in [6, 6.07) is 8.94. The lowest BCUT2D eigenvalue weighted by Gasteiger charge is -2.16. The molecule has 154 valence electrons. The summed E-state index contributed by atoms with van der Waals surface area (Å²) < 4.78 is 21.2. The second kappa shape index (κ2) is 7.79. The van der Waals surface area contributed by atoms with Crippen LogP contribution in [0.3, 0.4) is 0 Å². The number of aromatic hydroxyl groups is 1. The van der Waals surface area contributed by atoms with Gasteiger partial charge in [-0.3, -0.25) is 4.57 Å². The van der Waals surface area contributed by atoms with E-state index in [1.165, 1.54) is 24.5 Å². The zero-order valence-corrected chi connectivity index (χ0v) is 17.6. The third-order valence-electron chi connectivity index (χ3n) is 4.46. The van der Waals surface area contributed by atoms with E-state index in [9.17, 15) is 19.4 Å². The van der Waals surface area contributed by atoms with Gasteiger partial charge in [-0.25, -0.2) is 14.2 Å². The molecule has 0 saturated heterocycles. The summed E-state index contributed by atoms with van der Waals surface area (Å²) in [4.78, 5) is 15.9. The monoisotopic (exact) mass is 466 g/mol. The molecule has 0 aliphatic heterocycles. The number of benzene rings is 2. The molecule has 0 fully saturated rings. The summed E-state index contributed by atoms with van der Waals surface area (Å²) in [7, 11) is 0. The molecule has 0 bridgehead atoms. The first-order chi connectivity index (χ1) is 14.3. The van der Waals surface area contributed by atoms with Crippen molar-refractivity contribution in [3.63, 3.8) is 0 Å². The number of phenolic OH excluding ortho intramolecular Hbond substituents is 1. The Morgan fingerprint density at radius 2 is 2.07 bits per heavy atom. The molecule has 0 spiro atoms. The van der Waals surface area contributed by atoms with Crippen molar-refractivity contribution in [2.75, 3.05) is 0 Å². The molecule has 30 heavy (non-hydrogen) atoms. The number of aromatic carboxylic acids is 1. The first-order valence-electron chi connectivity index (χ1n) is 8.60. The van der Waals surface area contributed by atoms with Gasteiger partial charge in [0, 0.05) is 17.7 Å². The highest BCUT2D eigenvalue weighted by atomic mass is 35.5. The molecule has 0 radical (unpaired) electrons. The molecule has 10 heteroatoms. The standard InChI is InChI=1S/C20H13Cl2FN2O4S/c1-9(10-3-2-4-15(26)18(10)22)29-16-7-17(30-19(16)20(27)28)25-8-24-13-6-12(23)11(21)5-14(13)25/h2-9,26H,1H3,(H,27,28)/t9-/m1/s1. The maximum atomic E-state index is 13.7. The molecular formula is C20H13Cl2FN2O4S. The number of carboxylic acid groups (broad SMARTS) is 1. The van der Waals surface area contributed by atoms with Crippen LogP contribution in [0.1, 0.15) is 28.3 Å². The molecule has 0 aliphatic rings. The minimum Gasteiger partial charge on any atom is -0.506 e. The number of thiophene rings is 1. The highest BCUT2D eigenvalue weighted by Gasteiger charge is 2.23. The first-order valence-corrected chi connectivity index (χ1v) is 10.2. The van der Waals surface area contributed by atoms with Crippen molar-refractivity contribution >= 4 is 51.5 Å². The fourth-order valence-electron chi connectivity index (χ4n) is 3.00. The van der Waals surface area contributed by atoms with Gasteiger partial charge in [0.2, 0.25) is 0 Å². The SMILES string of the molecule is C[C@@H](Oc1cc(-n2cnc3cc(F)c(Cl)cc32)sc1C(=O)O)c1cccc(O)c1Cl. The Hall–Kier alpha value is -2.81. The maximum absolute atomic E-state index is 13.7. The average molecular weight is 467 g/mol. The molecule has 1 atom stereocenters. The topological polar surface area (TPSA) is 84.6 Å². The zero-order chi connectivity index (χ0) is 21.6. The van der Waals surface area contributed by atoms with Gasteiger partial charge in [-0.2, -0.15) is 0 Å². The predicted molar refractivity (Wildman–Crippen MR) is 113 cm³/mol. The zero-order valence-electron chi connectivity index (χ0n) is 15.3. The summed E-state index contributed by atoms with van der Waals surface area (Å²) in [6.45, 7) is 1.69. The van der Waals surface area contributed by atoms with E-state index < -0.39 is 17.9 Å². The number of hydrogen-bond acceptors (Lipinski definition) is 5. The van der Waals surface area contributed by atoms with Crippen LogP contribution in [0.2, 0.25) is 10.0 Å². The van der Waals surface area contributed by atoms with Crippen molar-refractivity contribution in [3.05, 3.63) is 69.0 Å². The summed E-state index contributed by atoms with van der Waals surface area (Å²) in [6.07, 6.45) is 0.824. The van der Waals surface area contributed by atoms with Gasteiger partial charge in [0.05, 0.1) is 21.1 Å². The number of rotatable bonds is 5. The number of imidazole rings is 1. The molecule has 0 amide bonds. The molecular weight excluding hydrogens is 454 g/mol. The van der Waals surface area contributed by atoms with Gasteiger partial charge in [0.1, 0.15) is 34.7 Å². The van der Waals surface area contributed by atoms with Gasteiger partial charge in [-0.15, -0.1) is 11.3 Å². The molecule has 0 saturated carbocycles. The van der Waals surface area contributed by atoms with E-state index in [-0.39, 0.29) is 26.4 Å². The largest absolute Gasteiger partial charge is 0.506 e. The second-order valence-electron chi connectivity index (χ2n) is 6.39. The van der Waals surface area contributed by atoms with Crippen LogP contribution in [0.15, 0.2) is 42.7 Å². The van der Waals surface area contributed by atoms with Crippen LogP contribution in [0.4, 0.5) is 4.39 Å². The van der Waals surface area contributed by atoms with E-state index in [0.717, 1.165) is 11.3 Å². The van der Waals surface area contributed by atoms with Crippen molar-refractivity contribution in [2.45, 2.75) is 13.0 Å². The third-order valence-corrected chi connectivity index (χ3v) is 6.26. The van der Waals surface area contributed by atoms with Crippen molar-refractivity contribution < 1.29 is 24.1 Å². The van der Waals surface area contributed by atoms with Crippen LogP contribution in [0.5, 0.6) is 11.5 Å². The molecule has 2 N–H and O–H groups in total. The van der Waals surface area contributed by atoms with Gasteiger partial charge < -0.3 is 14.9 Å². The van der Waals surface area contributed by atoms with Crippen molar-refractivity contribution in [1.82, 2.24) is 9.55 Å². The van der Waals surface area contributed by atoms with Crippen molar-refractivity contribution in [3.8, 4) is 16.5 Å². The average Bonchev–Trinajstić information content (AvgIpc) is 3.28. The van der Waals surface area contributed by atoms with Crippen LogP contribution >= 0.6 is 34.5 Å². The van der Waals surface area contributed by atoms with Crippen molar-refractivity contribution in [2.24, 2.45) is 0 Å². The van der Waals surface area contributed by atoms with Crippen LogP contribution in [-0.2, 0) is 0 Å². The summed E-state index contributed by atoms with van der Waals surface area (Å²) in [5, 5.41) is 20.0. The minimum absolute atomic E-state index is 0.0248. The molecule has 2 aromatic heterocycles. The molecule has 0 unspecified atom stereocenters. The number of ether oxygens (including phenoxy) is 1. The smallest absolute Gasteiger partial charge is 0.349 e. The highest BCUT2D eigenvalue weighted by molar-refractivity contribution is 7.16. The normalized spacial score (nSPS) is 12.3. The van der Waals surface area contributed by atoms with Crippen LogP contribution in [-0.4, -0.2) is 25.7 Å². The Kier molecular flexibility index (Phi) is 5.31. The van der Waals surface area contributed by atoms with E-state index >= 15 is 0 Å². The summed E-state index contributed by atoms with van der Waals surface area (Å²) >= 11 is 13.0. The van der Waals surface area contributed by atoms with Crippen LogP contribution in [0.25, 0.3) is 16.0 Å². The third kappa shape index (κ3) is 3.58. The number of nitrogens with zero attached hydrogens (tertiary/aromatic N) is 2. The van der Waals surface area contributed by atoms with E-state index in [1.54, 1.807) is 29.7 Å². The lowest BCUT2D eigenvalue weighted by atomic mass is 10.1. The minimum atomic E-state index is -1.16.